The van der Waals surface area contributed by atoms with Gasteiger partial charge in [0.1, 0.15) is 11.8 Å². The molecule has 2 rings (SSSR count). The Balaban J connectivity index is 1.78. The van der Waals surface area contributed by atoms with Crippen molar-refractivity contribution in [3.8, 4) is 0 Å². The van der Waals surface area contributed by atoms with Crippen LogP contribution in [0.2, 0.25) is 0 Å². The van der Waals surface area contributed by atoms with Crippen LogP contribution in [0.15, 0.2) is 30.3 Å². The normalized spacial score (nSPS) is 22.3. The molecule has 1 saturated heterocycles. The van der Waals surface area contributed by atoms with Gasteiger partial charge in [-0.3, -0.25) is 4.79 Å². The number of carbonyl (C=O) groups is 1. The van der Waals surface area contributed by atoms with Crippen LogP contribution in [0.25, 0.3) is 0 Å². The molecule has 0 spiro atoms. The van der Waals surface area contributed by atoms with Crippen LogP contribution in [0.3, 0.4) is 0 Å². The number of hydrogen-bond donors (Lipinski definition) is 2. The van der Waals surface area contributed by atoms with Crippen LogP contribution in [-0.4, -0.2) is 37.4 Å². The Morgan fingerprint density at radius 2 is 2.14 bits per heavy atom. The number of nitrogens with one attached hydrogen (secondary N) is 2. The number of ether oxygens (including phenoxy) is 1. The van der Waals surface area contributed by atoms with Gasteiger partial charge in [0.15, 0.2) is 0 Å². The van der Waals surface area contributed by atoms with E-state index in [1.807, 2.05) is 44.2 Å². The van der Waals surface area contributed by atoms with E-state index in [4.69, 9.17) is 4.74 Å². The average molecular weight is 308 g/mol. The largest absolute Gasteiger partial charge is 0.458 e. The highest BCUT2D eigenvalue weighted by Gasteiger charge is 2.35. The van der Waals surface area contributed by atoms with Crippen LogP contribution in [0.5, 0.6) is 0 Å². The Bertz CT molecular complexity index is 479. The van der Waals surface area contributed by atoms with Crippen molar-refractivity contribution in [2.45, 2.75) is 38.6 Å². The fraction of sp³-hybridized carbons (Fsp3) is 0.588. The van der Waals surface area contributed by atoms with Gasteiger partial charge < -0.3 is 15.4 Å². The van der Waals surface area contributed by atoms with Crippen LogP contribution < -0.4 is 10.6 Å². The Morgan fingerprint density at radius 1 is 1.41 bits per heavy atom. The maximum Gasteiger partial charge on any atom is 0.312 e. The molecular weight excluding hydrogens is 283 g/mol. The minimum Gasteiger partial charge on any atom is -0.458 e. The van der Waals surface area contributed by atoms with Crippen molar-refractivity contribution in [2.24, 2.45) is 5.92 Å². The molecule has 0 aliphatic carbocycles. The highest BCUT2D eigenvalue weighted by molar-refractivity contribution is 5.73. The first-order valence-corrected chi connectivity index (χ1v) is 7.80. The smallest absolute Gasteiger partial charge is 0.312 e. The third-order valence-corrected chi connectivity index (χ3v) is 3.81. The van der Waals surface area contributed by atoms with Crippen molar-refractivity contribution in [3.63, 3.8) is 0 Å². The summed E-state index contributed by atoms with van der Waals surface area (Å²) in [6.07, 6.45) is -0.664. The fourth-order valence-corrected chi connectivity index (χ4v) is 2.57. The summed E-state index contributed by atoms with van der Waals surface area (Å²) in [5.74, 6) is -1.07. The molecule has 0 amide bonds. The van der Waals surface area contributed by atoms with E-state index >= 15 is 0 Å². The summed E-state index contributed by atoms with van der Waals surface area (Å²) in [6, 6.07) is 10.0. The third-order valence-electron chi connectivity index (χ3n) is 3.81. The molecule has 1 aromatic carbocycles. The second-order valence-electron chi connectivity index (χ2n) is 6.39. The molecule has 1 aliphatic rings. The molecule has 1 fully saturated rings. The van der Waals surface area contributed by atoms with Crippen LogP contribution in [0, 0.1) is 5.92 Å². The first-order chi connectivity index (χ1) is 10.5. The third kappa shape index (κ3) is 5.07. The minimum atomic E-state index is -1.16. The van der Waals surface area contributed by atoms with Crippen molar-refractivity contribution in [2.75, 3.05) is 19.6 Å². The molecule has 1 heterocycles. The summed E-state index contributed by atoms with van der Waals surface area (Å²) >= 11 is 0. The Morgan fingerprint density at radius 3 is 2.82 bits per heavy atom. The molecule has 0 radical (unpaired) electrons. The zero-order chi connectivity index (χ0) is 16.0. The number of benzene rings is 1. The topological polar surface area (TPSA) is 50.4 Å². The molecule has 2 unspecified atom stereocenters. The van der Waals surface area contributed by atoms with Gasteiger partial charge in [-0.25, -0.2) is 4.39 Å². The number of halogens is 1. The van der Waals surface area contributed by atoms with Crippen molar-refractivity contribution in [1.82, 2.24) is 10.6 Å². The molecule has 1 aromatic rings. The molecule has 122 valence electrons. The SMILES string of the molecule is CC(C)(CNCc1ccccc1)OC(=O)C1CCNCC1F. The van der Waals surface area contributed by atoms with E-state index in [0.29, 0.717) is 26.1 Å². The highest BCUT2D eigenvalue weighted by atomic mass is 19.1. The summed E-state index contributed by atoms with van der Waals surface area (Å²) < 4.78 is 19.3. The van der Waals surface area contributed by atoms with E-state index in [1.54, 1.807) is 0 Å². The van der Waals surface area contributed by atoms with Crippen LogP contribution in [0.1, 0.15) is 25.8 Å². The lowest BCUT2D eigenvalue weighted by Gasteiger charge is -2.31. The fourth-order valence-electron chi connectivity index (χ4n) is 2.57. The van der Waals surface area contributed by atoms with Crippen LogP contribution in [-0.2, 0) is 16.1 Å². The lowest BCUT2D eigenvalue weighted by atomic mass is 9.96. The molecule has 2 N–H and O–H groups in total. The van der Waals surface area contributed by atoms with E-state index in [9.17, 15) is 9.18 Å². The molecule has 2 atom stereocenters. The number of rotatable bonds is 6. The van der Waals surface area contributed by atoms with E-state index in [2.05, 4.69) is 10.6 Å². The summed E-state index contributed by atoms with van der Waals surface area (Å²) in [5, 5.41) is 6.22. The Hall–Kier alpha value is -1.46. The number of hydrogen-bond acceptors (Lipinski definition) is 4. The molecular formula is C17H25FN2O2. The molecule has 4 nitrogen and oxygen atoms in total. The standard InChI is InChI=1S/C17H25FN2O2/c1-17(2,12-20-10-13-6-4-3-5-7-13)22-16(21)14-8-9-19-11-15(14)18/h3-7,14-15,19-20H,8-12H2,1-2H3. The zero-order valence-electron chi connectivity index (χ0n) is 13.3. The van der Waals surface area contributed by atoms with Gasteiger partial charge in [0.25, 0.3) is 0 Å². The molecule has 22 heavy (non-hydrogen) atoms. The van der Waals surface area contributed by atoms with E-state index in [-0.39, 0.29) is 6.54 Å². The van der Waals surface area contributed by atoms with Crippen molar-refractivity contribution in [3.05, 3.63) is 35.9 Å². The molecule has 0 aromatic heterocycles. The van der Waals surface area contributed by atoms with Gasteiger partial charge in [-0.15, -0.1) is 0 Å². The second kappa shape index (κ2) is 7.70. The second-order valence-corrected chi connectivity index (χ2v) is 6.39. The maximum atomic E-state index is 13.8. The highest BCUT2D eigenvalue weighted by Crippen LogP contribution is 2.21. The summed E-state index contributed by atoms with van der Waals surface area (Å²) in [4.78, 5) is 12.1. The van der Waals surface area contributed by atoms with Gasteiger partial charge in [-0.2, -0.15) is 0 Å². The molecule has 0 saturated carbocycles. The van der Waals surface area contributed by atoms with Crippen molar-refractivity contribution in [1.29, 1.82) is 0 Å². The summed E-state index contributed by atoms with van der Waals surface area (Å²) in [6.45, 7) is 5.81. The van der Waals surface area contributed by atoms with Gasteiger partial charge in [0.2, 0.25) is 0 Å². The summed E-state index contributed by atoms with van der Waals surface area (Å²) in [7, 11) is 0. The summed E-state index contributed by atoms with van der Waals surface area (Å²) in [5.41, 5.74) is 0.517. The van der Waals surface area contributed by atoms with Gasteiger partial charge in [0, 0.05) is 19.6 Å². The van der Waals surface area contributed by atoms with E-state index < -0.39 is 23.7 Å². The number of carbonyl (C=O) groups excluding carboxylic acids is 1. The monoisotopic (exact) mass is 308 g/mol. The molecule has 5 heteroatoms. The number of esters is 1. The maximum absolute atomic E-state index is 13.8. The predicted octanol–water partition coefficient (Wildman–Crippen LogP) is 2.05. The first kappa shape index (κ1) is 16.9. The van der Waals surface area contributed by atoms with Gasteiger partial charge in [-0.1, -0.05) is 30.3 Å². The quantitative estimate of drug-likeness (QED) is 0.790. The van der Waals surface area contributed by atoms with Gasteiger partial charge >= 0.3 is 5.97 Å². The van der Waals surface area contributed by atoms with E-state index in [0.717, 1.165) is 0 Å². The Labute approximate surface area is 131 Å². The lowest BCUT2D eigenvalue weighted by molar-refractivity contribution is -0.164. The minimum absolute atomic E-state index is 0.229. The Kier molecular flexibility index (Phi) is 5.91. The first-order valence-electron chi connectivity index (χ1n) is 7.80. The van der Waals surface area contributed by atoms with Crippen molar-refractivity contribution >= 4 is 5.97 Å². The number of piperidine rings is 1. The van der Waals surface area contributed by atoms with Gasteiger partial charge in [0.05, 0.1) is 5.92 Å². The molecule has 1 aliphatic heterocycles. The average Bonchev–Trinajstić information content (AvgIpc) is 2.48. The lowest BCUT2D eigenvalue weighted by Crippen LogP contribution is -2.46. The van der Waals surface area contributed by atoms with Crippen LogP contribution in [0.4, 0.5) is 4.39 Å². The van der Waals surface area contributed by atoms with Crippen molar-refractivity contribution < 1.29 is 13.9 Å². The zero-order valence-corrected chi connectivity index (χ0v) is 13.3. The predicted molar refractivity (Wildman–Crippen MR) is 84.2 cm³/mol. The van der Waals surface area contributed by atoms with Crippen LogP contribution >= 0.6 is 0 Å². The van der Waals surface area contributed by atoms with E-state index in [1.165, 1.54) is 5.56 Å². The number of alkyl halides is 1. The molecule has 0 bridgehead atoms. The van der Waals surface area contributed by atoms with Gasteiger partial charge in [-0.05, 0) is 32.4 Å².